The number of carbonyl (C=O) groups is 2. The zero-order chi connectivity index (χ0) is 19.4. The molecule has 9 heteroatoms. The van der Waals surface area contributed by atoms with Crippen molar-refractivity contribution in [2.75, 3.05) is 40.0 Å². The van der Waals surface area contributed by atoms with Crippen LogP contribution in [-0.2, 0) is 24.3 Å². The molecule has 27 heavy (non-hydrogen) atoms. The lowest BCUT2D eigenvalue weighted by molar-refractivity contribution is -0.147. The molecule has 3 rings (SSSR count). The minimum Gasteiger partial charge on any atom is -0.467 e. The molecular formula is C18H24N2O6S. The number of morpholine rings is 1. The van der Waals surface area contributed by atoms with Gasteiger partial charge in [-0.05, 0) is 37.5 Å². The molecule has 0 N–H and O–H groups in total. The van der Waals surface area contributed by atoms with Crippen molar-refractivity contribution in [1.29, 1.82) is 0 Å². The molecule has 1 amide bonds. The summed E-state index contributed by atoms with van der Waals surface area (Å²) in [5.41, 5.74) is 0.250. The van der Waals surface area contributed by atoms with E-state index in [1.165, 1.54) is 28.4 Å². The number of likely N-dealkylation sites (tertiary alicyclic amines) is 1. The normalized spacial score (nSPS) is 21.7. The van der Waals surface area contributed by atoms with Crippen LogP contribution >= 0.6 is 0 Å². The second-order valence-corrected chi connectivity index (χ2v) is 8.52. The van der Waals surface area contributed by atoms with Crippen molar-refractivity contribution in [2.45, 2.75) is 30.2 Å². The number of hydrogen-bond acceptors (Lipinski definition) is 6. The third kappa shape index (κ3) is 4.15. The Bertz CT molecular complexity index is 804. The van der Waals surface area contributed by atoms with E-state index in [2.05, 4.69) is 0 Å². The zero-order valence-corrected chi connectivity index (χ0v) is 16.1. The number of nitrogens with zero attached hydrogens (tertiary/aromatic N) is 2. The van der Waals surface area contributed by atoms with Crippen molar-refractivity contribution < 1.29 is 27.5 Å². The van der Waals surface area contributed by atoms with E-state index in [1.54, 1.807) is 12.1 Å². The van der Waals surface area contributed by atoms with E-state index >= 15 is 0 Å². The van der Waals surface area contributed by atoms with E-state index in [1.807, 2.05) is 0 Å². The number of benzene rings is 1. The van der Waals surface area contributed by atoms with Gasteiger partial charge in [0.15, 0.2) is 0 Å². The average Bonchev–Trinajstić information content (AvgIpc) is 2.73. The predicted molar refractivity (Wildman–Crippen MR) is 96.7 cm³/mol. The van der Waals surface area contributed by atoms with Crippen LogP contribution in [0, 0.1) is 0 Å². The Morgan fingerprint density at radius 2 is 1.89 bits per heavy atom. The van der Waals surface area contributed by atoms with Gasteiger partial charge in [0.2, 0.25) is 10.0 Å². The van der Waals surface area contributed by atoms with Gasteiger partial charge in [0, 0.05) is 25.2 Å². The van der Waals surface area contributed by atoms with Gasteiger partial charge in [-0.25, -0.2) is 13.2 Å². The summed E-state index contributed by atoms with van der Waals surface area (Å²) >= 11 is 0. The quantitative estimate of drug-likeness (QED) is 0.702. The Hall–Kier alpha value is -1.97. The molecule has 1 aromatic carbocycles. The maximum absolute atomic E-state index is 13.0. The molecule has 0 aliphatic carbocycles. The Kier molecular flexibility index (Phi) is 6.13. The predicted octanol–water partition coefficient (Wildman–Crippen LogP) is 0.875. The maximum atomic E-state index is 13.0. The number of piperidine rings is 1. The molecule has 2 aliphatic heterocycles. The van der Waals surface area contributed by atoms with Gasteiger partial charge < -0.3 is 14.4 Å². The lowest BCUT2D eigenvalue weighted by Gasteiger charge is -2.34. The van der Waals surface area contributed by atoms with E-state index in [9.17, 15) is 18.0 Å². The summed E-state index contributed by atoms with van der Waals surface area (Å²) in [6, 6.07) is 5.36. The smallest absolute Gasteiger partial charge is 0.328 e. The summed E-state index contributed by atoms with van der Waals surface area (Å²) in [5, 5.41) is 0. The molecule has 2 fully saturated rings. The first-order valence-electron chi connectivity index (χ1n) is 9.02. The summed E-state index contributed by atoms with van der Waals surface area (Å²) in [6.45, 7) is 1.73. The molecule has 148 valence electrons. The van der Waals surface area contributed by atoms with Gasteiger partial charge >= 0.3 is 5.97 Å². The van der Waals surface area contributed by atoms with Gasteiger partial charge in [0.25, 0.3) is 5.91 Å². The number of sulfonamides is 1. The summed E-state index contributed by atoms with van der Waals surface area (Å²) in [5.74, 6) is -0.802. The lowest BCUT2D eigenvalue weighted by Crippen LogP contribution is -2.48. The second kappa shape index (κ2) is 8.37. The van der Waals surface area contributed by atoms with Crippen LogP contribution in [0.1, 0.15) is 29.6 Å². The van der Waals surface area contributed by atoms with Crippen LogP contribution in [0.15, 0.2) is 29.2 Å². The molecule has 0 bridgehead atoms. The molecular weight excluding hydrogens is 372 g/mol. The molecule has 1 unspecified atom stereocenters. The molecule has 0 saturated carbocycles. The Morgan fingerprint density at radius 1 is 1.15 bits per heavy atom. The van der Waals surface area contributed by atoms with E-state index < -0.39 is 22.0 Å². The van der Waals surface area contributed by atoms with Crippen molar-refractivity contribution in [2.24, 2.45) is 0 Å². The highest BCUT2D eigenvalue weighted by molar-refractivity contribution is 7.89. The van der Waals surface area contributed by atoms with E-state index in [0.717, 1.165) is 12.8 Å². The highest BCUT2D eigenvalue weighted by atomic mass is 32.2. The number of methoxy groups -OCH3 is 1. The van der Waals surface area contributed by atoms with Gasteiger partial charge in [-0.1, -0.05) is 6.07 Å². The number of hydrogen-bond donors (Lipinski definition) is 0. The molecule has 1 atom stereocenters. The number of ether oxygens (including phenoxy) is 2. The summed E-state index contributed by atoms with van der Waals surface area (Å²) < 4.78 is 37.0. The van der Waals surface area contributed by atoms with Crippen LogP contribution in [0.4, 0.5) is 0 Å². The molecule has 2 saturated heterocycles. The van der Waals surface area contributed by atoms with Crippen LogP contribution in [0.25, 0.3) is 0 Å². The molecule has 0 spiro atoms. The molecule has 8 nitrogen and oxygen atoms in total. The SMILES string of the molecule is COC(=O)C1CCCCN1C(=O)c1cccc(S(=O)(=O)N2CCOCC2)c1. The molecule has 1 aromatic rings. The topological polar surface area (TPSA) is 93.2 Å². The lowest BCUT2D eigenvalue weighted by atomic mass is 10.0. The zero-order valence-electron chi connectivity index (χ0n) is 15.3. The monoisotopic (exact) mass is 396 g/mol. The minimum absolute atomic E-state index is 0.0712. The number of rotatable bonds is 4. The Morgan fingerprint density at radius 3 is 2.59 bits per heavy atom. The minimum atomic E-state index is -3.69. The molecule has 2 aliphatic rings. The second-order valence-electron chi connectivity index (χ2n) is 6.58. The molecule has 0 radical (unpaired) electrons. The number of esters is 1. The fourth-order valence-corrected chi connectivity index (χ4v) is 4.90. The maximum Gasteiger partial charge on any atom is 0.328 e. The number of amides is 1. The van der Waals surface area contributed by atoms with Crippen molar-refractivity contribution in [3.05, 3.63) is 29.8 Å². The number of carbonyl (C=O) groups excluding carboxylic acids is 2. The van der Waals surface area contributed by atoms with Crippen LogP contribution in [0.3, 0.4) is 0 Å². The van der Waals surface area contributed by atoms with E-state index in [0.29, 0.717) is 26.2 Å². The summed E-state index contributed by atoms with van der Waals surface area (Å²) in [4.78, 5) is 26.5. The van der Waals surface area contributed by atoms with Crippen LogP contribution < -0.4 is 0 Å². The van der Waals surface area contributed by atoms with Crippen LogP contribution in [-0.4, -0.2) is 75.5 Å². The first-order chi connectivity index (χ1) is 12.9. The van der Waals surface area contributed by atoms with Gasteiger partial charge in [0.1, 0.15) is 6.04 Å². The molecule has 0 aromatic heterocycles. The summed E-state index contributed by atoms with van der Waals surface area (Å²) in [7, 11) is -2.39. The van der Waals surface area contributed by atoms with Crippen molar-refractivity contribution in [1.82, 2.24) is 9.21 Å². The van der Waals surface area contributed by atoms with Gasteiger partial charge in [-0.2, -0.15) is 4.31 Å². The van der Waals surface area contributed by atoms with E-state index in [4.69, 9.17) is 9.47 Å². The van der Waals surface area contributed by atoms with Crippen molar-refractivity contribution in [3.63, 3.8) is 0 Å². The van der Waals surface area contributed by atoms with Gasteiger partial charge in [-0.3, -0.25) is 4.79 Å². The first-order valence-corrected chi connectivity index (χ1v) is 10.5. The van der Waals surface area contributed by atoms with E-state index in [-0.39, 0.29) is 29.5 Å². The van der Waals surface area contributed by atoms with Gasteiger partial charge in [0.05, 0.1) is 25.2 Å². The van der Waals surface area contributed by atoms with Crippen LogP contribution in [0.2, 0.25) is 0 Å². The first kappa shape index (κ1) is 19.8. The molecule has 2 heterocycles. The Balaban J connectivity index is 1.86. The third-order valence-electron chi connectivity index (χ3n) is 4.93. The van der Waals surface area contributed by atoms with Crippen molar-refractivity contribution in [3.8, 4) is 0 Å². The largest absolute Gasteiger partial charge is 0.467 e. The Labute approximate surface area is 159 Å². The summed E-state index contributed by atoms with van der Waals surface area (Å²) in [6.07, 6.45) is 2.18. The van der Waals surface area contributed by atoms with Gasteiger partial charge in [-0.15, -0.1) is 0 Å². The fourth-order valence-electron chi connectivity index (χ4n) is 3.45. The van der Waals surface area contributed by atoms with Crippen LogP contribution in [0.5, 0.6) is 0 Å². The fraction of sp³-hybridized carbons (Fsp3) is 0.556. The standard InChI is InChI=1S/C18H24N2O6S/c1-25-18(22)16-7-2-3-8-20(16)17(21)14-5-4-6-15(13-14)27(23,24)19-9-11-26-12-10-19/h4-6,13,16H,2-3,7-12H2,1H3. The highest BCUT2D eigenvalue weighted by Gasteiger charge is 2.34. The third-order valence-corrected chi connectivity index (χ3v) is 6.82. The van der Waals surface area contributed by atoms with Crippen molar-refractivity contribution >= 4 is 21.9 Å². The highest BCUT2D eigenvalue weighted by Crippen LogP contribution is 2.23. The average molecular weight is 396 g/mol.